The highest BCUT2D eigenvalue weighted by molar-refractivity contribution is 5.89. The molecule has 1 aromatic carbocycles. The van der Waals surface area contributed by atoms with Gasteiger partial charge in [0.1, 0.15) is 19.2 Å². The van der Waals surface area contributed by atoms with Crippen LogP contribution in [0.25, 0.3) is 0 Å². The van der Waals surface area contributed by atoms with E-state index in [4.69, 9.17) is 9.84 Å². The molecule has 0 aliphatic heterocycles. The largest absolute Gasteiger partial charge is 0.480 e. The van der Waals surface area contributed by atoms with Gasteiger partial charge in [0, 0.05) is 0 Å². The summed E-state index contributed by atoms with van der Waals surface area (Å²) in [4.78, 5) is 46.0. The van der Waals surface area contributed by atoms with Crippen molar-refractivity contribution in [3.8, 4) is 0 Å². The van der Waals surface area contributed by atoms with Crippen LogP contribution in [-0.4, -0.2) is 48.1 Å². The predicted molar refractivity (Wildman–Crippen MR) is 96.7 cm³/mol. The van der Waals surface area contributed by atoms with E-state index >= 15 is 0 Å². The Morgan fingerprint density at radius 3 is 2.22 bits per heavy atom. The summed E-state index contributed by atoms with van der Waals surface area (Å²) in [6.45, 7) is 3.00. The fraction of sp³-hybridized carbons (Fsp3) is 0.444. The van der Waals surface area contributed by atoms with Crippen LogP contribution in [0.2, 0.25) is 0 Å². The van der Waals surface area contributed by atoms with E-state index in [0.717, 1.165) is 5.56 Å². The molecule has 1 rings (SSSR count). The first kappa shape index (κ1) is 21.9. The number of nitrogens with one attached hydrogen (secondary N) is 3. The fourth-order valence-corrected chi connectivity index (χ4v) is 2.11. The van der Waals surface area contributed by atoms with Crippen molar-refractivity contribution in [3.63, 3.8) is 0 Å². The van der Waals surface area contributed by atoms with Crippen LogP contribution in [0.3, 0.4) is 0 Å². The highest BCUT2D eigenvalue weighted by Crippen LogP contribution is 2.04. The van der Waals surface area contributed by atoms with Crippen LogP contribution in [0.15, 0.2) is 30.3 Å². The van der Waals surface area contributed by atoms with E-state index in [1.807, 2.05) is 32.0 Å². The van der Waals surface area contributed by atoms with Gasteiger partial charge in [0.05, 0.1) is 6.54 Å². The monoisotopic (exact) mass is 379 g/mol. The average molecular weight is 379 g/mol. The number of aliphatic carboxylic acids is 1. The Labute approximate surface area is 157 Å². The maximum Gasteiger partial charge on any atom is 0.407 e. The summed E-state index contributed by atoms with van der Waals surface area (Å²) >= 11 is 0. The second kappa shape index (κ2) is 11.5. The molecular weight excluding hydrogens is 354 g/mol. The van der Waals surface area contributed by atoms with E-state index in [0.29, 0.717) is 0 Å². The number of carbonyl (C=O) groups is 4. The minimum Gasteiger partial charge on any atom is -0.480 e. The third-order valence-electron chi connectivity index (χ3n) is 3.39. The standard InChI is InChI=1S/C18H25N3O6/c1-12(2)8-14(17(24)25)21-16(23)10-19-15(22)9-20-18(26)27-11-13-6-4-3-5-7-13/h3-7,12,14H,8-11H2,1-2H3,(H,19,22)(H,20,26)(H,21,23)(H,24,25)/t14-/m0/s1. The third-order valence-corrected chi connectivity index (χ3v) is 3.39. The topological polar surface area (TPSA) is 134 Å². The summed E-state index contributed by atoms with van der Waals surface area (Å²) in [5.41, 5.74) is 0.808. The number of amides is 3. The van der Waals surface area contributed by atoms with Crippen LogP contribution in [0, 0.1) is 5.92 Å². The van der Waals surface area contributed by atoms with Gasteiger partial charge in [-0.25, -0.2) is 9.59 Å². The van der Waals surface area contributed by atoms with E-state index in [9.17, 15) is 19.2 Å². The number of benzene rings is 1. The van der Waals surface area contributed by atoms with E-state index in [-0.39, 0.29) is 32.0 Å². The molecule has 0 saturated carbocycles. The molecular formula is C18H25N3O6. The van der Waals surface area contributed by atoms with E-state index < -0.39 is 29.9 Å². The highest BCUT2D eigenvalue weighted by atomic mass is 16.5. The molecule has 9 heteroatoms. The number of hydrogen-bond donors (Lipinski definition) is 4. The van der Waals surface area contributed by atoms with Gasteiger partial charge in [-0.15, -0.1) is 0 Å². The molecule has 148 valence electrons. The predicted octanol–water partition coefficient (Wildman–Crippen LogP) is 0.645. The minimum atomic E-state index is -1.13. The molecule has 0 saturated heterocycles. The first-order valence-corrected chi connectivity index (χ1v) is 8.51. The lowest BCUT2D eigenvalue weighted by Crippen LogP contribution is -2.47. The van der Waals surface area contributed by atoms with Gasteiger partial charge in [0.15, 0.2) is 0 Å². The van der Waals surface area contributed by atoms with E-state index in [2.05, 4.69) is 16.0 Å². The first-order valence-electron chi connectivity index (χ1n) is 8.51. The number of alkyl carbamates (subject to hydrolysis) is 1. The quantitative estimate of drug-likeness (QED) is 0.471. The Balaban J connectivity index is 2.24. The van der Waals surface area contributed by atoms with Crippen LogP contribution in [0.5, 0.6) is 0 Å². The maximum atomic E-state index is 11.7. The first-order chi connectivity index (χ1) is 12.8. The number of carboxylic acid groups (broad SMARTS) is 1. The number of hydrogen-bond acceptors (Lipinski definition) is 5. The molecule has 1 atom stereocenters. The summed E-state index contributed by atoms with van der Waals surface area (Å²) in [6.07, 6.45) is -0.481. The lowest BCUT2D eigenvalue weighted by Gasteiger charge is -2.16. The summed E-state index contributed by atoms with van der Waals surface area (Å²) < 4.78 is 4.95. The molecule has 0 radical (unpaired) electrons. The van der Waals surface area contributed by atoms with Crippen molar-refractivity contribution in [2.45, 2.75) is 32.9 Å². The molecule has 3 amide bonds. The third kappa shape index (κ3) is 9.83. The van der Waals surface area contributed by atoms with Crippen molar-refractivity contribution in [2.75, 3.05) is 13.1 Å². The summed E-state index contributed by atoms with van der Waals surface area (Å²) in [5.74, 6) is -2.26. The molecule has 0 bridgehead atoms. The van der Waals surface area contributed by atoms with Crippen LogP contribution >= 0.6 is 0 Å². The fourth-order valence-electron chi connectivity index (χ4n) is 2.11. The van der Waals surface area contributed by atoms with Crippen LogP contribution in [-0.2, 0) is 25.7 Å². The summed E-state index contributed by atoms with van der Waals surface area (Å²) in [6, 6.07) is 8.03. The molecule has 0 fully saturated rings. The smallest absolute Gasteiger partial charge is 0.407 e. The van der Waals surface area contributed by atoms with Gasteiger partial charge in [-0.3, -0.25) is 9.59 Å². The Morgan fingerprint density at radius 2 is 1.63 bits per heavy atom. The minimum absolute atomic E-state index is 0.0725. The molecule has 0 heterocycles. The highest BCUT2D eigenvalue weighted by Gasteiger charge is 2.21. The van der Waals surface area contributed by atoms with Crippen LogP contribution < -0.4 is 16.0 Å². The molecule has 0 aliphatic rings. The Bertz CT molecular complexity index is 648. The SMILES string of the molecule is CC(C)C[C@H](NC(=O)CNC(=O)CNC(=O)OCc1ccccc1)C(=O)O. The second-order valence-corrected chi connectivity index (χ2v) is 6.28. The zero-order valence-corrected chi connectivity index (χ0v) is 15.4. The van der Waals surface area contributed by atoms with Gasteiger partial charge in [-0.2, -0.15) is 0 Å². The van der Waals surface area contributed by atoms with Gasteiger partial charge >= 0.3 is 12.1 Å². The number of carbonyl (C=O) groups excluding carboxylic acids is 3. The summed E-state index contributed by atoms with van der Waals surface area (Å²) in [7, 11) is 0. The number of ether oxygens (including phenoxy) is 1. The normalized spacial score (nSPS) is 11.4. The van der Waals surface area contributed by atoms with Crippen molar-refractivity contribution < 1.29 is 29.0 Å². The van der Waals surface area contributed by atoms with Crippen LogP contribution in [0.1, 0.15) is 25.8 Å². The Kier molecular flexibility index (Phi) is 9.35. The lowest BCUT2D eigenvalue weighted by molar-refractivity contribution is -0.142. The van der Waals surface area contributed by atoms with Crippen molar-refractivity contribution >= 4 is 23.9 Å². The molecule has 0 unspecified atom stereocenters. The number of carboxylic acids is 1. The summed E-state index contributed by atoms with van der Waals surface area (Å²) in [5, 5.41) is 16.0. The van der Waals surface area contributed by atoms with Gasteiger partial charge < -0.3 is 25.8 Å². The van der Waals surface area contributed by atoms with Gasteiger partial charge in [0.25, 0.3) is 0 Å². The molecule has 1 aromatic rings. The number of rotatable bonds is 10. The zero-order chi connectivity index (χ0) is 20.2. The van der Waals surface area contributed by atoms with Gasteiger partial charge in [-0.1, -0.05) is 44.2 Å². The van der Waals surface area contributed by atoms with Crippen molar-refractivity contribution in [3.05, 3.63) is 35.9 Å². The lowest BCUT2D eigenvalue weighted by atomic mass is 10.0. The second-order valence-electron chi connectivity index (χ2n) is 6.28. The van der Waals surface area contributed by atoms with Crippen molar-refractivity contribution in [2.24, 2.45) is 5.92 Å². The average Bonchev–Trinajstić information content (AvgIpc) is 2.62. The molecule has 9 nitrogen and oxygen atoms in total. The molecule has 0 aliphatic carbocycles. The Morgan fingerprint density at radius 1 is 1.00 bits per heavy atom. The molecule has 0 aromatic heterocycles. The van der Waals surface area contributed by atoms with Gasteiger partial charge in [0.2, 0.25) is 11.8 Å². The van der Waals surface area contributed by atoms with E-state index in [1.54, 1.807) is 12.1 Å². The molecule has 4 N–H and O–H groups in total. The Hall–Kier alpha value is -3.10. The van der Waals surface area contributed by atoms with E-state index in [1.165, 1.54) is 0 Å². The molecule has 27 heavy (non-hydrogen) atoms. The maximum absolute atomic E-state index is 11.7. The van der Waals surface area contributed by atoms with Gasteiger partial charge in [-0.05, 0) is 17.9 Å². The van der Waals surface area contributed by atoms with Crippen molar-refractivity contribution in [1.82, 2.24) is 16.0 Å². The molecule has 0 spiro atoms. The van der Waals surface area contributed by atoms with Crippen molar-refractivity contribution in [1.29, 1.82) is 0 Å². The zero-order valence-electron chi connectivity index (χ0n) is 15.4. The van der Waals surface area contributed by atoms with Crippen LogP contribution in [0.4, 0.5) is 4.79 Å².